The maximum absolute atomic E-state index is 11.0. The molecule has 0 amide bonds. The Bertz CT molecular complexity index is 1160. The molecule has 196 valence electrons. The van der Waals surface area contributed by atoms with Gasteiger partial charge in [0.25, 0.3) is 0 Å². The van der Waals surface area contributed by atoms with Gasteiger partial charge < -0.3 is 20.1 Å². The van der Waals surface area contributed by atoms with Crippen LogP contribution in [0.25, 0.3) is 0 Å². The number of halogens is 1. The lowest BCUT2D eigenvalue weighted by molar-refractivity contribution is -0.141. The summed E-state index contributed by atoms with van der Waals surface area (Å²) in [6, 6.07) is 20.8. The van der Waals surface area contributed by atoms with Crippen molar-refractivity contribution in [1.29, 1.82) is 0 Å². The van der Waals surface area contributed by atoms with Crippen LogP contribution in [0.3, 0.4) is 0 Å². The number of thioether (sulfide) groups is 1. The highest BCUT2D eigenvalue weighted by molar-refractivity contribution is 9.10. The first-order valence-electron chi connectivity index (χ1n) is 11.7. The summed E-state index contributed by atoms with van der Waals surface area (Å²) in [5.41, 5.74) is 0.479. The molecule has 0 atom stereocenters. The molecule has 37 heavy (non-hydrogen) atoms. The third-order valence-corrected chi connectivity index (χ3v) is 6.65. The number of carboxylic acid groups (broad SMARTS) is 3. The smallest absolute Gasteiger partial charge is 0.339 e. The lowest BCUT2D eigenvalue weighted by Gasteiger charge is -2.08. The summed E-state index contributed by atoms with van der Waals surface area (Å²) in [7, 11) is 0. The fourth-order valence-electron chi connectivity index (χ4n) is 3.41. The summed E-state index contributed by atoms with van der Waals surface area (Å²) in [6.07, 6.45) is 4.01. The molecule has 3 aromatic carbocycles. The summed E-state index contributed by atoms with van der Waals surface area (Å²) >= 11 is 4.99. The molecule has 7 nitrogen and oxygen atoms in total. The Morgan fingerprint density at radius 2 is 1.51 bits per heavy atom. The Kier molecular flexibility index (Phi) is 12.7. The van der Waals surface area contributed by atoms with E-state index in [2.05, 4.69) is 22.9 Å². The van der Waals surface area contributed by atoms with Crippen LogP contribution in [0, 0.1) is 5.92 Å². The molecule has 1 saturated carbocycles. The van der Waals surface area contributed by atoms with Gasteiger partial charge in [0.2, 0.25) is 0 Å². The molecule has 0 aromatic heterocycles. The highest BCUT2D eigenvalue weighted by Gasteiger charge is 2.21. The maximum atomic E-state index is 11.0. The van der Waals surface area contributed by atoms with Gasteiger partial charge in [0.1, 0.15) is 17.1 Å². The first-order valence-corrected chi connectivity index (χ1v) is 13.4. The number of aromatic carboxylic acids is 2. The molecule has 0 radical (unpaired) electrons. The van der Waals surface area contributed by atoms with Crippen molar-refractivity contribution in [1.82, 2.24) is 0 Å². The van der Waals surface area contributed by atoms with Crippen LogP contribution in [0.5, 0.6) is 11.5 Å². The number of ether oxygens (including phenoxy) is 1. The first-order chi connectivity index (χ1) is 17.7. The molecule has 4 rings (SSSR count). The highest BCUT2D eigenvalue weighted by Crippen LogP contribution is 2.28. The predicted octanol–water partition coefficient (Wildman–Crippen LogP) is 7.70. The van der Waals surface area contributed by atoms with Crippen LogP contribution in [-0.2, 0) is 4.79 Å². The van der Waals surface area contributed by atoms with Crippen molar-refractivity contribution in [2.24, 2.45) is 5.92 Å². The Balaban J connectivity index is 0.000000210. The van der Waals surface area contributed by atoms with Gasteiger partial charge in [0.05, 0.1) is 11.5 Å². The van der Waals surface area contributed by atoms with E-state index in [4.69, 9.17) is 20.1 Å². The summed E-state index contributed by atoms with van der Waals surface area (Å²) in [4.78, 5) is 32.8. The van der Waals surface area contributed by atoms with Crippen molar-refractivity contribution < 1.29 is 34.4 Å². The lowest BCUT2D eigenvalue weighted by atomic mass is 10.1. The van der Waals surface area contributed by atoms with Crippen molar-refractivity contribution >= 4 is 45.6 Å². The SMILES string of the molecule is CCSc1ccc(C(=O)O)cc1.O=C(O)C1CCCC1.O=C(O)c1ccc(Br)cc1Oc1ccccc1. The number of aliphatic carboxylic acids is 1. The minimum atomic E-state index is -1.01. The number of hydrogen-bond acceptors (Lipinski definition) is 5. The molecule has 0 heterocycles. The fraction of sp³-hybridized carbons (Fsp3) is 0.250. The predicted molar refractivity (Wildman–Crippen MR) is 147 cm³/mol. The van der Waals surface area contributed by atoms with Crippen LogP contribution >= 0.6 is 27.7 Å². The van der Waals surface area contributed by atoms with E-state index in [1.54, 1.807) is 48.2 Å². The van der Waals surface area contributed by atoms with Crippen LogP contribution in [-0.4, -0.2) is 39.0 Å². The topological polar surface area (TPSA) is 121 Å². The number of carboxylic acids is 3. The molecule has 0 saturated heterocycles. The summed E-state index contributed by atoms with van der Waals surface area (Å²) in [5.74, 6) is -0.581. The monoisotopic (exact) mass is 588 g/mol. The second-order valence-electron chi connectivity index (χ2n) is 7.94. The number of hydrogen-bond donors (Lipinski definition) is 3. The Morgan fingerprint density at radius 1 is 0.892 bits per heavy atom. The van der Waals surface area contributed by atoms with E-state index in [9.17, 15) is 14.4 Å². The Morgan fingerprint density at radius 3 is 2.00 bits per heavy atom. The quantitative estimate of drug-likeness (QED) is 0.240. The standard InChI is InChI=1S/C13H9BrO3.C9H10O2S.C6H10O2/c14-9-6-7-11(13(15)16)12(8-9)17-10-4-2-1-3-5-10;1-2-12-8-5-3-7(4-6-8)9(10)11;7-6(8)5-3-1-2-4-5/h1-8H,(H,15,16);3-6H,2H2,1H3,(H,10,11);5H,1-4H2,(H,7,8). The van der Waals surface area contributed by atoms with Crippen molar-refractivity contribution in [3.05, 3.63) is 88.4 Å². The van der Waals surface area contributed by atoms with Gasteiger partial charge in [-0.1, -0.05) is 53.9 Å². The zero-order valence-electron chi connectivity index (χ0n) is 20.3. The molecule has 0 unspecified atom stereocenters. The third kappa shape index (κ3) is 10.7. The molecular formula is C28H29BrO7S. The number of para-hydroxylation sites is 1. The fourth-order valence-corrected chi connectivity index (χ4v) is 4.41. The Hall–Kier alpha value is -3.30. The largest absolute Gasteiger partial charge is 0.481 e. The van der Waals surface area contributed by atoms with Crippen LogP contribution in [0.15, 0.2) is 82.2 Å². The minimum Gasteiger partial charge on any atom is -0.481 e. The van der Waals surface area contributed by atoms with Crippen molar-refractivity contribution in [2.45, 2.75) is 37.5 Å². The van der Waals surface area contributed by atoms with E-state index in [1.807, 2.05) is 30.3 Å². The lowest BCUT2D eigenvalue weighted by Crippen LogP contribution is -2.07. The normalized spacial score (nSPS) is 12.4. The van der Waals surface area contributed by atoms with Crippen molar-refractivity contribution in [3.8, 4) is 11.5 Å². The average Bonchev–Trinajstić information content (AvgIpc) is 3.42. The molecule has 1 aliphatic rings. The van der Waals surface area contributed by atoms with E-state index in [0.717, 1.165) is 40.8 Å². The van der Waals surface area contributed by atoms with Crippen LogP contribution in [0.1, 0.15) is 53.3 Å². The molecule has 0 bridgehead atoms. The third-order valence-electron chi connectivity index (χ3n) is 5.26. The first kappa shape index (κ1) is 29.9. The van der Waals surface area contributed by atoms with E-state index >= 15 is 0 Å². The van der Waals surface area contributed by atoms with E-state index in [-0.39, 0.29) is 11.5 Å². The summed E-state index contributed by atoms with van der Waals surface area (Å²) in [5, 5.41) is 26.1. The highest BCUT2D eigenvalue weighted by atomic mass is 79.9. The average molecular weight is 590 g/mol. The zero-order chi connectivity index (χ0) is 27.2. The second-order valence-corrected chi connectivity index (χ2v) is 10.2. The Labute approximate surface area is 228 Å². The van der Waals surface area contributed by atoms with Gasteiger partial charge in [-0.25, -0.2) is 9.59 Å². The molecule has 3 aromatic rings. The van der Waals surface area contributed by atoms with Gasteiger partial charge in [-0.05, 0) is 73.2 Å². The van der Waals surface area contributed by atoms with Crippen molar-refractivity contribution in [3.63, 3.8) is 0 Å². The molecule has 0 spiro atoms. The van der Waals surface area contributed by atoms with Gasteiger partial charge >= 0.3 is 17.9 Å². The van der Waals surface area contributed by atoms with Crippen LogP contribution in [0.2, 0.25) is 0 Å². The van der Waals surface area contributed by atoms with Gasteiger partial charge in [-0.15, -0.1) is 11.8 Å². The molecule has 3 N–H and O–H groups in total. The minimum absolute atomic E-state index is 0.0185. The van der Waals surface area contributed by atoms with Gasteiger partial charge in [-0.2, -0.15) is 0 Å². The summed E-state index contributed by atoms with van der Waals surface area (Å²) < 4.78 is 6.31. The van der Waals surface area contributed by atoms with Gasteiger partial charge in [0, 0.05) is 9.37 Å². The maximum Gasteiger partial charge on any atom is 0.339 e. The van der Waals surface area contributed by atoms with Gasteiger partial charge in [0.15, 0.2) is 0 Å². The zero-order valence-corrected chi connectivity index (χ0v) is 22.7. The van der Waals surface area contributed by atoms with E-state index in [1.165, 1.54) is 6.07 Å². The van der Waals surface area contributed by atoms with Crippen LogP contribution < -0.4 is 4.74 Å². The molecule has 0 aliphatic heterocycles. The van der Waals surface area contributed by atoms with Crippen LogP contribution in [0.4, 0.5) is 0 Å². The molecule has 1 aliphatic carbocycles. The second kappa shape index (κ2) is 15.7. The van der Waals surface area contributed by atoms with E-state index < -0.39 is 17.9 Å². The molecular weight excluding hydrogens is 560 g/mol. The molecule has 1 fully saturated rings. The number of carbonyl (C=O) groups is 3. The number of benzene rings is 3. The number of rotatable bonds is 7. The van der Waals surface area contributed by atoms with E-state index in [0.29, 0.717) is 17.1 Å². The summed E-state index contributed by atoms with van der Waals surface area (Å²) in [6.45, 7) is 2.07. The van der Waals surface area contributed by atoms with Crippen molar-refractivity contribution in [2.75, 3.05) is 5.75 Å². The van der Waals surface area contributed by atoms with Gasteiger partial charge in [-0.3, -0.25) is 4.79 Å². The molecule has 9 heteroatoms.